The van der Waals surface area contributed by atoms with Crippen LogP contribution in [0.25, 0.3) is 10.9 Å². The molecule has 0 spiro atoms. The van der Waals surface area contributed by atoms with Crippen LogP contribution >= 0.6 is 0 Å². The van der Waals surface area contributed by atoms with Crippen LogP contribution in [0.5, 0.6) is 0 Å². The Balaban J connectivity index is 1.70. The molecule has 1 unspecified atom stereocenters. The Morgan fingerprint density at radius 2 is 2.12 bits per heavy atom. The van der Waals surface area contributed by atoms with E-state index < -0.39 is 0 Å². The van der Waals surface area contributed by atoms with Crippen molar-refractivity contribution < 1.29 is 4.39 Å². The van der Waals surface area contributed by atoms with Crippen LogP contribution < -0.4 is 4.90 Å². The molecule has 2 aromatic heterocycles. The smallest absolute Gasteiger partial charge is 0.153 e. The van der Waals surface area contributed by atoms with Crippen molar-refractivity contribution in [2.24, 2.45) is 12.0 Å². The number of hydrogen-bond acceptors (Lipinski definition) is 3. The molecule has 3 heterocycles. The number of rotatable bonds is 2. The van der Waals surface area contributed by atoms with E-state index in [1.54, 1.807) is 10.7 Å². The van der Waals surface area contributed by atoms with Crippen molar-refractivity contribution in [3.05, 3.63) is 42.0 Å². The molecule has 0 saturated heterocycles. The Morgan fingerprint density at radius 3 is 2.88 bits per heavy atom. The minimum atomic E-state index is -0.241. The fraction of sp³-hybridized carbons (Fsp3) is 0.368. The lowest BCUT2D eigenvalue weighted by molar-refractivity contribution is 0.245. The lowest BCUT2D eigenvalue weighted by atomic mass is 9.75. The van der Waals surface area contributed by atoms with E-state index in [1.807, 2.05) is 25.5 Å². The number of aliphatic imine (C=N–C) groups is 1. The molecule has 25 heavy (non-hydrogen) atoms. The quantitative estimate of drug-likeness (QED) is 0.760. The van der Waals surface area contributed by atoms with E-state index in [0.717, 1.165) is 40.9 Å². The van der Waals surface area contributed by atoms with Crippen LogP contribution in [0.3, 0.4) is 0 Å². The van der Waals surface area contributed by atoms with Crippen LogP contribution in [0.4, 0.5) is 15.9 Å². The summed E-state index contributed by atoms with van der Waals surface area (Å²) in [5.74, 6) is 0.658. The summed E-state index contributed by atoms with van der Waals surface area (Å²) in [5.41, 5.74) is 2.96. The Bertz CT molecular complexity index is 995. The third kappa shape index (κ3) is 2.00. The van der Waals surface area contributed by atoms with Crippen LogP contribution in [0.2, 0.25) is 0 Å². The predicted octanol–water partition coefficient (Wildman–Crippen LogP) is 4.25. The average Bonchev–Trinajstić information content (AvgIpc) is 3.16. The zero-order valence-corrected chi connectivity index (χ0v) is 14.3. The second-order valence-electron chi connectivity index (χ2n) is 7.33. The molecule has 6 heteroatoms. The highest BCUT2D eigenvalue weighted by atomic mass is 19.1. The van der Waals surface area contributed by atoms with Gasteiger partial charge in [-0.05, 0) is 50.5 Å². The molecule has 0 bridgehead atoms. The molecule has 128 valence electrons. The number of aryl methyl sites for hydroxylation is 1. The highest BCUT2D eigenvalue weighted by Crippen LogP contribution is 2.49. The van der Waals surface area contributed by atoms with E-state index in [-0.39, 0.29) is 17.4 Å². The summed E-state index contributed by atoms with van der Waals surface area (Å²) >= 11 is 0. The summed E-state index contributed by atoms with van der Waals surface area (Å²) in [4.78, 5) is 10.3. The van der Waals surface area contributed by atoms with E-state index >= 15 is 0 Å². The molecule has 2 aliphatic rings. The molecule has 3 aromatic rings. The second-order valence-corrected chi connectivity index (χ2v) is 7.33. The summed E-state index contributed by atoms with van der Waals surface area (Å²) in [5, 5.41) is 5.72. The number of fused-ring (bicyclic) bond motifs is 2. The Hall–Kier alpha value is -2.63. The number of aromatic amines is 1. The number of benzene rings is 1. The summed E-state index contributed by atoms with van der Waals surface area (Å²) < 4.78 is 15.4. The number of aromatic nitrogens is 3. The molecule has 5 nitrogen and oxygen atoms in total. The maximum absolute atomic E-state index is 13.7. The monoisotopic (exact) mass is 337 g/mol. The van der Waals surface area contributed by atoms with Gasteiger partial charge in [-0.3, -0.25) is 4.68 Å². The third-order valence-electron chi connectivity index (χ3n) is 5.72. The van der Waals surface area contributed by atoms with Crippen LogP contribution in [0.1, 0.15) is 37.9 Å². The number of nitrogens with one attached hydrogen (secondary N) is 1. The van der Waals surface area contributed by atoms with Gasteiger partial charge in [0.2, 0.25) is 0 Å². The molecular weight excluding hydrogens is 317 g/mol. The van der Waals surface area contributed by atoms with E-state index in [9.17, 15) is 4.39 Å². The van der Waals surface area contributed by atoms with Gasteiger partial charge in [0.15, 0.2) is 5.82 Å². The van der Waals surface area contributed by atoms with Crippen molar-refractivity contribution in [1.82, 2.24) is 14.8 Å². The van der Waals surface area contributed by atoms with Crippen LogP contribution in [-0.4, -0.2) is 26.5 Å². The van der Waals surface area contributed by atoms with Gasteiger partial charge in [0, 0.05) is 30.4 Å². The zero-order valence-electron chi connectivity index (χ0n) is 14.3. The van der Waals surface area contributed by atoms with Gasteiger partial charge < -0.3 is 9.88 Å². The van der Waals surface area contributed by atoms with Crippen LogP contribution in [0.15, 0.2) is 35.5 Å². The molecule has 1 N–H and O–H groups in total. The predicted molar refractivity (Wildman–Crippen MR) is 97.1 cm³/mol. The fourth-order valence-corrected chi connectivity index (χ4v) is 4.24. The van der Waals surface area contributed by atoms with Gasteiger partial charge in [-0.1, -0.05) is 0 Å². The van der Waals surface area contributed by atoms with E-state index in [2.05, 4.69) is 27.9 Å². The average molecular weight is 337 g/mol. The van der Waals surface area contributed by atoms with Gasteiger partial charge in [0.05, 0.1) is 16.9 Å². The maximum atomic E-state index is 13.7. The lowest BCUT2D eigenvalue weighted by Gasteiger charge is -2.52. The van der Waals surface area contributed by atoms with Crippen molar-refractivity contribution in [2.75, 3.05) is 4.90 Å². The summed E-state index contributed by atoms with van der Waals surface area (Å²) in [6, 6.07) is 6.91. The minimum absolute atomic E-state index is 0.0530. The molecule has 1 fully saturated rings. The first kappa shape index (κ1) is 14.7. The molecule has 1 atom stereocenters. The van der Waals surface area contributed by atoms with Crippen LogP contribution in [-0.2, 0) is 7.05 Å². The standard InChI is InChI=1S/C19H20FN5/c1-19(7-3-8-19)25-14-6-9-21-18(14)22-11-16(25)17-13-5-4-12(20)10-15(13)24(2)23-17/h4-6,9-11,16,21H,3,7-8H2,1-2H3. The van der Waals surface area contributed by atoms with Gasteiger partial charge in [0.25, 0.3) is 0 Å². The Kier molecular flexibility index (Phi) is 2.90. The van der Waals surface area contributed by atoms with Crippen molar-refractivity contribution in [3.8, 4) is 0 Å². The number of hydrogen-bond donors (Lipinski definition) is 1. The molecule has 5 rings (SSSR count). The molecule has 0 amide bonds. The van der Waals surface area contributed by atoms with Gasteiger partial charge in [-0.2, -0.15) is 5.10 Å². The highest BCUT2D eigenvalue weighted by molar-refractivity contribution is 5.91. The van der Waals surface area contributed by atoms with Crippen molar-refractivity contribution in [2.45, 2.75) is 37.8 Å². The number of anilines is 1. The number of nitrogens with zero attached hydrogens (tertiary/aromatic N) is 4. The molecule has 1 aliphatic heterocycles. The molecule has 1 saturated carbocycles. The number of H-pyrrole nitrogens is 1. The maximum Gasteiger partial charge on any atom is 0.153 e. The van der Waals surface area contributed by atoms with Crippen molar-refractivity contribution >= 4 is 28.6 Å². The number of halogens is 1. The van der Waals surface area contributed by atoms with E-state index in [1.165, 1.54) is 12.5 Å². The van der Waals surface area contributed by atoms with Crippen molar-refractivity contribution in [3.63, 3.8) is 0 Å². The minimum Gasteiger partial charge on any atom is -0.349 e. The molecule has 1 aromatic carbocycles. The lowest BCUT2D eigenvalue weighted by Crippen LogP contribution is -2.54. The van der Waals surface area contributed by atoms with E-state index in [0.29, 0.717) is 0 Å². The summed E-state index contributed by atoms with van der Waals surface area (Å²) in [7, 11) is 1.86. The van der Waals surface area contributed by atoms with Gasteiger partial charge in [-0.15, -0.1) is 0 Å². The summed E-state index contributed by atoms with van der Waals surface area (Å²) in [6.45, 7) is 2.31. The Labute approximate surface area is 145 Å². The van der Waals surface area contributed by atoms with Gasteiger partial charge in [0.1, 0.15) is 11.9 Å². The highest BCUT2D eigenvalue weighted by Gasteiger charge is 2.44. The first-order chi connectivity index (χ1) is 12.1. The first-order valence-corrected chi connectivity index (χ1v) is 8.70. The second kappa shape index (κ2) is 4.94. The molecule has 0 radical (unpaired) electrons. The summed E-state index contributed by atoms with van der Waals surface area (Å²) in [6.07, 6.45) is 7.45. The van der Waals surface area contributed by atoms with Gasteiger partial charge >= 0.3 is 0 Å². The largest absolute Gasteiger partial charge is 0.349 e. The van der Waals surface area contributed by atoms with Gasteiger partial charge in [-0.25, -0.2) is 9.38 Å². The fourth-order valence-electron chi connectivity index (χ4n) is 4.24. The normalized spacial score (nSPS) is 21.4. The molecule has 1 aliphatic carbocycles. The third-order valence-corrected chi connectivity index (χ3v) is 5.72. The Morgan fingerprint density at radius 1 is 1.28 bits per heavy atom. The van der Waals surface area contributed by atoms with E-state index in [4.69, 9.17) is 5.10 Å². The molecular formula is C19H20FN5. The SMILES string of the molecule is Cn1nc(C2C=Nc3[nH]ccc3N2C2(C)CCC2)c2ccc(F)cc21. The first-order valence-electron chi connectivity index (χ1n) is 8.70. The topological polar surface area (TPSA) is 49.2 Å². The van der Waals surface area contributed by atoms with Crippen molar-refractivity contribution in [1.29, 1.82) is 0 Å². The van der Waals surface area contributed by atoms with Crippen LogP contribution in [0, 0.1) is 5.82 Å². The zero-order chi connectivity index (χ0) is 17.2.